The van der Waals surface area contributed by atoms with Gasteiger partial charge in [-0.1, -0.05) is 48.5 Å². The fourth-order valence-electron chi connectivity index (χ4n) is 4.59. The summed E-state index contributed by atoms with van der Waals surface area (Å²) in [6.45, 7) is 6.30. The summed E-state index contributed by atoms with van der Waals surface area (Å²) in [5, 5.41) is 5.27. The summed E-state index contributed by atoms with van der Waals surface area (Å²) in [6, 6.07) is 15.3. The molecule has 3 rings (SSSR count). The highest BCUT2D eigenvalue weighted by atomic mass is 16.5. The number of carbonyl (C=O) groups is 5. The van der Waals surface area contributed by atoms with E-state index < -0.39 is 41.2 Å². The lowest BCUT2D eigenvalue weighted by molar-refractivity contribution is -0.159. The van der Waals surface area contributed by atoms with Gasteiger partial charge in [0.25, 0.3) is 11.8 Å². The molecule has 0 aliphatic heterocycles. The first-order chi connectivity index (χ1) is 19.6. The van der Waals surface area contributed by atoms with Gasteiger partial charge in [0.15, 0.2) is 0 Å². The number of esters is 1. The number of alkyl carbamates (subject to hydrolysis) is 1. The number of hydrogen-bond donors (Lipinski definition) is 4. The fraction of sp³-hybridized carbons (Fsp3) is 0.433. The Labute approximate surface area is 239 Å². The Hall–Kier alpha value is -4.41. The van der Waals surface area contributed by atoms with Crippen LogP contribution in [0.1, 0.15) is 64.0 Å². The zero-order valence-corrected chi connectivity index (χ0v) is 23.9. The molecule has 220 valence electrons. The molecule has 0 bridgehead atoms. The zero-order valence-electron chi connectivity index (χ0n) is 23.9. The second-order valence-electron chi connectivity index (χ2n) is 10.3. The molecular weight excluding hydrogens is 528 g/mol. The molecule has 0 heterocycles. The highest BCUT2D eigenvalue weighted by molar-refractivity contribution is 6.02. The highest BCUT2D eigenvalue weighted by Crippen LogP contribution is 2.44. The SMILES string of the molecule is CCOC(=O)C(C)(C)C(=O)NNC(=O)C(CCCCNC(=O)OCC1c2ccccc2-c2ccccc21)NC(C)=O. The Kier molecular flexibility index (Phi) is 10.8. The van der Waals surface area contributed by atoms with E-state index in [1.807, 2.05) is 24.3 Å². The molecule has 1 unspecified atom stereocenters. The summed E-state index contributed by atoms with van der Waals surface area (Å²) < 4.78 is 10.4. The summed E-state index contributed by atoms with van der Waals surface area (Å²) in [4.78, 5) is 61.0. The molecule has 4 amide bonds. The second kappa shape index (κ2) is 14.3. The van der Waals surface area contributed by atoms with E-state index in [1.165, 1.54) is 20.8 Å². The molecule has 2 aromatic rings. The lowest BCUT2D eigenvalue weighted by Crippen LogP contribution is -2.55. The fourth-order valence-corrected chi connectivity index (χ4v) is 4.59. The van der Waals surface area contributed by atoms with Crippen LogP contribution in [0.2, 0.25) is 0 Å². The van der Waals surface area contributed by atoms with E-state index in [9.17, 15) is 24.0 Å². The number of hydrazine groups is 1. The van der Waals surface area contributed by atoms with Crippen molar-refractivity contribution >= 4 is 29.8 Å². The van der Waals surface area contributed by atoms with E-state index in [0.717, 1.165) is 22.3 Å². The smallest absolute Gasteiger partial charge is 0.407 e. The van der Waals surface area contributed by atoms with Gasteiger partial charge in [-0.05, 0) is 62.3 Å². The molecule has 1 aliphatic rings. The molecule has 0 radical (unpaired) electrons. The van der Waals surface area contributed by atoms with Crippen LogP contribution in [0.15, 0.2) is 48.5 Å². The van der Waals surface area contributed by atoms with E-state index in [-0.39, 0.29) is 25.6 Å². The molecule has 0 saturated heterocycles. The first-order valence-electron chi connectivity index (χ1n) is 13.7. The van der Waals surface area contributed by atoms with Crippen molar-refractivity contribution in [3.05, 3.63) is 59.7 Å². The molecule has 4 N–H and O–H groups in total. The third kappa shape index (κ3) is 8.06. The number of ether oxygens (including phenoxy) is 2. The molecule has 11 nitrogen and oxygen atoms in total. The third-order valence-corrected chi connectivity index (χ3v) is 6.88. The normalized spacial score (nSPS) is 12.8. The van der Waals surface area contributed by atoms with Crippen LogP contribution in [-0.4, -0.2) is 55.6 Å². The van der Waals surface area contributed by atoms with E-state index >= 15 is 0 Å². The predicted molar refractivity (Wildman–Crippen MR) is 151 cm³/mol. The van der Waals surface area contributed by atoms with Crippen molar-refractivity contribution in [2.24, 2.45) is 5.41 Å². The van der Waals surface area contributed by atoms with Crippen LogP contribution in [0.4, 0.5) is 4.79 Å². The minimum absolute atomic E-state index is 0.0339. The van der Waals surface area contributed by atoms with Crippen LogP contribution in [0.5, 0.6) is 0 Å². The van der Waals surface area contributed by atoms with Crippen LogP contribution >= 0.6 is 0 Å². The predicted octanol–water partition coefficient (Wildman–Crippen LogP) is 2.94. The van der Waals surface area contributed by atoms with Crippen LogP contribution in [0.25, 0.3) is 11.1 Å². The molecule has 0 spiro atoms. The summed E-state index contributed by atoms with van der Waals surface area (Å²) in [5.41, 5.74) is 7.52. The monoisotopic (exact) mass is 566 g/mol. The largest absolute Gasteiger partial charge is 0.465 e. The van der Waals surface area contributed by atoms with Crippen molar-refractivity contribution in [2.45, 2.75) is 58.9 Å². The number of rotatable bonds is 12. The Morgan fingerprint density at radius 3 is 2.07 bits per heavy atom. The topological polar surface area (TPSA) is 152 Å². The van der Waals surface area contributed by atoms with Crippen molar-refractivity contribution in [1.29, 1.82) is 0 Å². The quantitative estimate of drug-likeness (QED) is 0.133. The van der Waals surface area contributed by atoms with Crippen LogP contribution in [-0.2, 0) is 28.7 Å². The molecule has 1 atom stereocenters. The summed E-state index contributed by atoms with van der Waals surface area (Å²) in [7, 11) is 0. The summed E-state index contributed by atoms with van der Waals surface area (Å²) in [6.07, 6.45) is 0.740. The van der Waals surface area contributed by atoms with Gasteiger partial charge >= 0.3 is 12.1 Å². The molecule has 2 aromatic carbocycles. The van der Waals surface area contributed by atoms with Gasteiger partial charge in [0.2, 0.25) is 5.91 Å². The van der Waals surface area contributed by atoms with Crippen molar-refractivity contribution in [3.8, 4) is 11.1 Å². The number of hydrogen-bond acceptors (Lipinski definition) is 7. The van der Waals surface area contributed by atoms with Crippen molar-refractivity contribution < 1.29 is 33.4 Å². The maximum Gasteiger partial charge on any atom is 0.407 e. The van der Waals surface area contributed by atoms with Crippen molar-refractivity contribution in [2.75, 3.05) is 19.8 Å². The van der Waals surface area contributed by atoms with Gasteiger partial charge in [-0.3, -0.25) is 30.0 Å². The lowest BCUT2D eigenvalue weighted by Gasteiger charge is -2.23. The van der Waals surface area contributed by atoms with Gasteiger partial charge in [0, 0.05) is 19.4 Å². The molecular formula is C30H38N4O7. The maximum absolute atomic E-state index is 12.6. The molecule has 0 aromatic heterocycles. The van der Waals surface area contributed by atoms with Crippen LogP contribution < -0.4 is 21.5 Å². The van der Waals surface area contributed by atoms with Gasteiger partial charge in [-0.15, -0.1) is 0 Å². The molecule has 0 saturated carbocycles. The van der Waals surface area contributed by atoms with Gasteiger partial charge in [-0.2, -0.15) is 0 Å². The minimum Gasteiger partial charge on any atom is -0.465 e. The van der Waals surface area contributed by atoms with Crippen LogP contribution in [0, 0.1) is 5.41 Å². The highest BCUT2D eigenvalue weighted by Gasteiger charge is 2.38. The lowest BCUT2D eigenvalue weighted by atomic mass is 9.93. The second-order valence-corrected chi connectivity index (χ2v) is 10.3. The number of amides is 4. The average molecular weight is 567 g/mol. The number of nitrogens with one attached hydrogen (secondary N) is 4. The maximum atomic E-state index is 12.6. The van der Waals surface area contributed by atoms with E-state index in [1.54, 1.807) is 6.92 Å². The minimum atomic E-state index is -1.52. The van der Waals surface area contributed by atoms with Gasteiger partial charge in [-0.25, -0.2) is 4.79 Å². The van der Waals surface area contributed by atoms with Crippen molar-refractivity contribution in [3.63, 3.8) is 0 Å². The zero-order chi connectivity index (χ0) is 30.0. The van der Waals surface area contributed by atoms with Crippen molar-refractivity contribution in [1.82, 2.24) is 21.5 Å². The first kappa shape index (κ1) is 31.1. The van der Waals surface area contributed by atoms with E-state index in [4.69, 9.17) is 9.47 Å². The van der Waals surface area contributed by atoms with Gasteiger partial charge < -0.3 is 20.1 Å². The number of carbonyl (C=O) groups excluding carboxylic acids is 5. The van der Waals surface area contributed by atoms with Crippen LogP contribution in [0.3, 0.4) is 0 Å². The van der Waals surface area contributed by atoms with E-state index in [2.05, 4.69) is 45.8 Å². The summed E-state index contributed by atoms with van der Waals surface area (Å²) in [5.74, 6) is -2.57. The van der Waals surface area contributed by atoms with Gasteiger partial charge in [0.1, 0.15) is 18.1 Å². The third-order valence-electron chi connectivity index (χ3n) is 6.88. The summed E-state index contributed by atoms with van der Waals surface area (Å²) >= 11 is 0. The molecule has 0 fully saturated rings. The number of unbranched alkanes of at least 4 members (excludes halogenated alkanes) is 1. The number of benzene rings is 2. The van der Waals surface area contributed by atoms with Gasteiger partial charge in [0.05, 0.1) is 6.61 Å². The first-order valence-corrected chi connectivity index (χ1v) is 13.7. The average Bonchev–Trinajstić information content (AvgIpc) is 3.27. The Morgan fingerprint density at radius 2 is 1.49 bits per heavy atom. The number of fused-ring (bicyclic) bond motifs is 3. The Balaban J connectivity index is 1.41. The molecule has 41 heavy (non-hydrogen) atoms. The molecule has 11 heteroatoms. The Morgan fingerprint density at radius 1 is 0.878 bits per heavy atom. The standard InChI is InChI=1S/C30H38N4O7/c1-5-40-28(38)30(3,4)27(37)34-33-26(36)25(32-19(2)35)16-10-11-17-31-29(39)41-18-24-22-14-8-6-12-20(22)21-13-7-9-15-23(21)24/h6-9,12-15,24-25H,5,10-11,16-18H2,1-4H3,(H,31,39)(H,32,35)(H,33,36)(H,34,37). The molecule has 1 aliphatic carbocycles. The van der Waals surface area contributed by atoms with E-state index in [0.29, 0.717) is 19.4 Å². The Bertz CT molecular complexity index is 1230.